The first-order valence-electron chi connectivity index (χ1n) is 4.73. The van der Waals surface area contributed by atoms with Crippen LogP contribution in [0.1, 0.15) is 49.8 Å². The van der Waals surface area contributed by atoms with Crippen molar-refractivity contribution in [3.63, 3.8) is 0 Å². The van der Waals surface area contributed by atoms with Crippen molar-refractivity contribution in [2.45, 2.75) is 38.5 Å². The van der Waals surface area contributed by atoms with Crippen LogP contribution in [0.5, 0.6) is 0 Å². The van der Waals surface area contributed by atoms with Crippen LogP contribution >= 0.6 is 0 Å². The Hall–Kier alpha value is -0.850. The first kappa shape index (κ1) is 7.78. The molecule has 1 nitrogen and oxygen atoms in total. The van der Waals surface area contributed by atoms with E-state index < -0.39 is 0 Å². The van der Waals surface area contributed by atoms with Gasteiger partial charge in [0.25, 0.3) is 0 Å². The van der Waals surface area contributed by atoms with Crippen LogP contribution < -0.4 is 0 Å². The Bertz CT molecular complexity index is 236. The molecule has 1 fully saturated rings. The number of pyridine rings is 1. The van der Waals surface area contributed by atoms with Crippen LogP contribution in [0.2, 0.25) is 0 Å². The van der Waals surface area contributed by atoms with Gasteiger partial charge in [-0.1, -0.05) is 19.9 Å². The normalized spacial score (nSPS) is 16.9. The van der Waals surface area contributed by atoms with Gasteiger partial charge in [-0.3, -0.25) is 4.98 Å². The first-order chi connectivity index (χ1) is 5.77. The third-order valence-corrected chi connectivity index (χ3v) is 2.47. The average molecular weight is 161 g/mol. The predicted molar refractivity (Wildman–Crippen MR) is 50.3 cm³/mol. The molecular weight excluding hydrogens is 146 g/mol. The van der Waals surface area contributed by atoms with Gasteiger partial charge in [0.1, 0.15) is 0 Å². The summed E-state index contributed by atoms with van der Waals surface area (Å²) >= 11 is 0. The quantitative estimate of drug-likeness (QED) is 0.649. The number of hydrogen-bond donors (Lipinski definition) is 0. The highest BCUT2D eigenvalue weighted by molar-refractivity contribution is 5.21. The Morgan fingerprint density at radius 3 is 2.50 bits per heavy atom. The maximum Gasteiger partial charge on any atom is 0.0434 e. The molecule has 1 aromatic rings. The molecule has 1 aliphatic carbocycles. The van der Waals surface area contributed by atoms with E-state index in [-0.39, 0.29) is 0 Å². The van der Waals surface area contributed by atoms with Crippen LogP contribution in [0.3, 0.4) is 0 Å². The summed E-state index contributed by atoms with van der Waals surface area (Å²) in [4.78, 5) is 4.46. The zero-order valence-electron chi connectivity index (χ0n) is 7.75. The lowest BCUT2D eigenvalue weighted by Crippen LogP contribution is -1.91. The van der Waals surface area contributed by atoms with Gasteiger partial charge in [-0.05, 0) is 30.4 Å². The highest BCUT2D eigenvalue weighted by Crippen LogP contribution is 2.38. The summed E-state index contributed by atoms with van der Waals surface area (Å²) in [5.74, 6) is 1.39. The van der Waals surface area contributed by atoms with Gasteiger partial charge in [0.05, 0.1) is 0 Å². The molecule has 1 heteroatoms. The van der Waals surface area contributed by atoms with Crippen LogP contribution in [-0.4, -0.2) is 4.98 Å². The number of nitrogens with zero attached hydrogens (tertiary/aromatic N) is 1. The SMILES string of the molecule is CC(C)c1ccc(C2CC2)nc1. The summed E-state index contributed by atoms with van der Waals surface area (Å²) in [6.07, 6.45) is 4.71. The molecule has 1 aromatic heterocycles. The molecule has 0 atom stereocenters. The molecule has 0 N–H and O–H groups in total. The molecule has 0 bridgehead atoms. The van der Waals surface area contributed by atoms with Crippen molar-refractivity contribution < 1.29 is 0 Å². The maximum atomic E-state index is 4.46. The summed E-state index contributed by atoms with van der Waals surface area (Å²) in [5, 5.41) is 0. The van der Waals surface area contributed by atoms with Gasteiger partial charge < -0.3 is 0 Å². The second-order valence-electron chi connectivity index (χ2n) is 3.95. The summed E-state index contributed by atoms with van der Waals surface area (Å²) in [7, 11) is 0. The van der Waals surface area contributed by atoms with Crippen LogP contribution in [-0.2, 0) is 0 Å². The van der Waals surface area contributed by atoms with E-state index in [0.29, 0.717) is 5.92 Å². The van der Waals surface area contributed by atoms with Crippen molar-refractivity contribution in [3.8, 4) is 0 Å². The zero-order valence-corrected chi connectivity index (χ0v) is 7.75. The van der Waals surface area contributed by atoms with Crippen molar-refractivity contribution in [1.29, 1.82) is 0 Å². The largest absolute Gasteiger partial charge is 0.261 e. The molecule has 0 aliphatic heterocycles. The topological polar surface area (TPSA) is 12.9 Å². The van der Waals surface area contributed by atoms with Crippen molar-refractivity contribution in [2.75, 3.05) is 0 Å². The van der Waals surface area contributed by atoms with Gasteiger partial charge in [0.2, 0.25) is 0 Å². The summed E-state index contributed by atoms with van der Waals surface area (Å²) in [5.41, 5.74) is 2.64. The standard InChI is InChI=1S/C11H15N/c1-8(2)10-5-6-11(12-7-10)9-3-4-9/h5-9H,3-4H2,1-2H3. The Labute approximate surface area is 73.8 Å². The van der Waals surface area contributed by atoms with Crippen molar-refractivity contribution in [1.82, 2.24) is 4.98 Å². The molecule has 1 heterocycles. The van der Waals surface area contributed by atoms with E-state index in [9.17, 15) is 0 Å². The van der Waals surface area contributed by atoms with Gasteiger partial charge in [-0.2, -0.15) is 0 Å². The van der Waals surface area contributed by atoms with Gasteiger partial charge in [-0.25, -0.2) is 0 Å². The molecule has 0 spiro atoms. The van der Waals surface area contributed by atoms with Crippen molar-refractivity contribution in [2.24, 2.45) is 0 Å². The molecule has 0 unspecified atom stereocenters. The predicted octanol–water partition coefficient (Wildman–Crippen LogP) is 3.08. The monoisotopic (exact) mass is 161 g/mol. The van der Waals surface area contributed by atoms with Crippen LogP contribution in [0.4, 0.5) is 0 Å². The van der Waals surface area contributed by atoms with Gasteiger partial charge in [-0.15, -0.1) is 0 Å². The van der Waals surface area contributed by atoms with Crippen LogP contribution in [0.25, 0.3) is 0 Å². The van der Waals surface area contributed by atoms with Crippen LogP contribution in [0.15, 0.2) is 18.3 Å². The highest BCUT2D eigenvalue weighted by Gasteiger charge is 2.24. The van der Waals surface area contributed by atoms with Gasteiger partial charge >= 0.3 is 0 Å². The van der Waals surface area contributed by atoms with E-state index in [2.05, 4.69) is 31.0 Å². The summed E-state index contributed by atoms with van der Waals surface area (Å²) in [6, 6.07) is 4.40. The Kier molecular flexibility index (Phi) is 1.87. The fraction of sp³-hybridized carbons (Fsp3) is 0.545. The van der Waals surface area contributed by atoms with Crippen molar-refractivity contribution in [3.05, 3.63) is 29.6 Å². The van der Waals surface area contributed by atoms with E-state index >= 15 is 0 Å². The maximum absolute atomic E-state index is 4.46. The minimum atomic E-state index is 0.603. The molecule has 64 valence electrons. The third-order valence-electron chi connectivity index (χ3n) is 2.47. The molecule has 0 amide bonds. The first-order valence-corrected chi connectivity index (χ1v) is 4.73. The van der Waals surface area contributed by atoms with Gasteiger partial charge in [0, 0.05) is 17.8 Å². The van der Waals surface area contributed by atoms with E-state index in [1.165, 1.54) is 24.1 Å². The zero-order chi connectivity index (χ0) is 8.55. The number of rotatable bonds is 2. The lowest BCUT2D eigenvalue weighted by Gasteiger charge is -2.04. The number of aromatic nitrogens is 1. The van der Waals surface area contributed by atoms with E-state index in [4.69, 9.17) is 0 Å². The minimum Gasteiger partial charge on any atom is -0.261 e. The van der Waals surface area contributed by atoms with E-state index in [1.807, 2.05) is 6.20 Å². The molecule has 2 rings (SSSR count). The Morgan fingerprint density at radius 2 is 2.08 bits per heavy atom. The summed E-state index contributed by atoms with van der Waals surface area (Å²) < 4.78 is 0. The fourth-order valence-corrected chi connectivity index (χ4v) is 1.38. The lowest BCUT2D eigenvalue weighted by molar-refractivity contribution is 0.850. The molecule has 12 heavy (non-hydrogen) atoms. The molecular formula is C11H15N. The second kappa shape index (κ2) is 2.89. The fourth-order valence-electron chi connectivity index (χ4n) is 1.38. The molecule has 1 saturated carbocycles. The molecule has 0 aromatic carbocycles. The third kappa shape index (κ3) is 1.50. The smallest absolute Gasteiger partial charge is 0.0434 e. The minimum absolute atomic E-state index is 0.603. The van der Waals surface area contributed by atoms with Gasteiger partial charge in [0.15, 0.2) is 0 Å². The molecule has 0 saturated heterocycles. The van der Waals surface area contributed by atoms with Crippen molar-refractivity contribution >= 4 is 0 Å². The highest BCUT2D eigenvalue weighted by atomic mass is 14.7. The molecule has 0 radical (unpaired) electrons. The Balaban J connectivity index is 2.18. The van der Waals surface area contributed by atoms with Crippen LogP contribution in [0, 0.1) is 0 Å². The Morgan fingerprint density at radius 1 is 1.33 bits per heavy atom. The lowest BCUT2D eigenvalue weighted by atomic mass is 10.1. The average Bonchev–Trinajstić information content (AvgIpc) is 2.87. The second-order valence-corrected chi connectivity index (χ2v) is 3.95. The molecule has 1 aliphatic rings. The summed E-state index contributed by atoms with van der Waals surface area (Å²) in [6.45, 7) is 4.40. The van der Waals surface area contributed by atoms with E-state index in [1.54, 1.807) is 0 Å². The number of hydrogen-bond acceptors (Lipinski definition) is 1. The van der Waals surface area contributed by atoms with E-state index in [0.717, 1.165) is 5.92 Å².